The number of carbonyl (C=O) groups is 1. The Kier molecular flexibility index (Phi) is 4.94. The molecule has 4 heteroatoms. The van der Waals surface area contributed by atoms with Crippen molar-refractivity contribution in [2.24, 2.45) is 0 Å². The van der Waals surface area contributed by atoms with Crippen molar-refractivity contribution >= 4 is 45.8 Å². The third kappa shape index (κ3) is 3.98. The standard InChI is InChI=1S/C17H17ClINO/c1-17(2,3)13-7-5-4-6-12(13)16(21)20-15-9-8-11(19)10-14(15)18/h4-10H,1-3H3,(H,20,21). The molecule has 2 aromatic rings. The molecule has 0 aliphatic rings. The fraction of sp³-hybridized carbons (Fsp3) is 0.235. The molecule has 0 unspecified atom stereocenters. The van der Waals surface area contributed by atoms with Crippen molar-refractivity contribution in [1.29, 1.82) is 0 Å². The molecule has 1 amide bonds. The minimum Gasteiger partial charge on any atom is -0.321 e. The molecule has 2 nitrogen and oxygen atoms in total. The van der Waals surface area contributed by atoms with Gasteiger partial charge in [0.25, 0.3) is 5.91 Å². The van der Waals surface area contributed by atoms with Crippen LogP contribution in [0.5, 0.6) is 0 Å². The van der Waals surface area contributed by atoms with Crippen molar-refractivity contribution in [2.45, 2.75) is 26.2 Å². The second-order valence-electron chi connectivity index (χ2n) is 5.87. The van der Waals surface area contributed by atoms with Gasteiger partial charge in [-0.15, -0.1) is 0 Å². The summed E-state index contributed by atoms with van der Waals surface area (Å²) in [6.45, 7) is 6.28. The first-order chi connectivity index (χ1) is 9.79. The molecule has 0 radical (unpaired) electrons. The topological polar surface area (TPSA) is 29.1 Å². The molecule has 2 rings (SSSR count). The Morgan fingerprint density at radius 3 is 2.43 bits per heavy atom. The average molecular weight is 414 g/mol. The second kappa shape index (κ2) is 6.36. The summed E-state index contributed by atoms with van der Waals surface area (Å²) in [5.74, 6) is -0.136. The maximum Gasteiger partial charge on any atom is 0.256 e. The monoisotopic (exact) mass is 413 g/mol. The molecule has 21 heavy (non-hydrogen) atoms. The summed E-state index contributed by atoms with van der Waals surface area (Å²) in [4.78, 5) is 12.5. The van der Waals surface area contributed by atoms with Crippen molar-refractivity contribution in [1.82, 2.24) is 0 Å². The predicted molar refractivity (Wildman–Crippen MR) is 97.3 cm³/mol. The van der Waals surface area contributed by atoms with Crippen LogP contribution >= 0.6 is 34.2 Å². The number of rotatable bonds is 2. The first kappa shape index (κ1) is 16.3. The third-order valence-electron chi connectivity index (χ3n) is 3.16. The van der Waals surface area contributed by atoms with E-state index in [1.54, 1.807) is 0 Å². The summed E-state index contributed by atoms with van der Waals surface area (Å²) in [6, 6.07) is 13.2. The van der Waals surface area contributed by atoms with Gasteiger partial charge < -0.3 is 5.32 Å². The number of hydrogen-bond donors (Lipinski definition) is 1. The third-order valence-corrected chi connectivity index (χ3v) is 4.14. The molecule has 0 fully saturated rings. The van der Waals surface area contributed by atoms with Gasteiger partial charge >= 0.3 is 0 Å². The molecule has 0 aromatic heterocycles. The molecule has 0 saturated heterocycles. The average Bonchev–Trinajstić information content (AvgIpc) is 2.41. The second-order valence-corrected chi connectivity index (χ2v) is 7.53. The van der Waals surface area contributed by atoms with E-state index in [2.05, 4.69) is 48.7 Å². The Morgan fingerprint density at radius 2 is 1.81 bits per heavy atom. The lowest BCUT2D eigenvalue weighted by Gasteiger charge is -2.22. The highest BCUT2D eigenvalue weighted by Gasteiger charge is 2.21. The molecular formula is C17H17ClINO. The molecule has 2 aromatic carbocycles. The Hall–Kier alpha value is -1.07. The smallest absolute Gasteiger partial charge is 0.256 e. The van der Waals surface area contributed by atoms with Crippen molar-refractivity contribution in [2.75, 3.05) is 5.32 Å². The number of hydrogen-bond acceptors (Lipinski definition) is 1. The maximum atomic E-state index is 12.5. The van der Waals surface area contributed by atoms with Gasteiger partial charge in [0.15, 0.2) is 0 Å². The predicted octanol–water partition coefficient (Wildman–Crippen LogP) is 5.49. The van der Waals surface area contributed by atoms with Crippen LogP contribution < -0.4 is 5.32 Å². The highest BCUT2D eigenvalue weighted by Crippen LogP contribution is 2.28. The van der Waals surface area contributed by atoms with Crippen LogP contribution in [-0.4, -0.2) is 5.91 Å². The normalized spacial score (nSPS) is 11.3. The molecule has 1 N–H and O–H groups in total. The number of benzene rings is 2. The molecule has 0 atom stereocenters. The van der Waals surface area contributed by atoms with Crippen LogP contribution in [0.1, 0.15) is 36.7 Å². The number of halogens is 2. The highest BCUT2D eigenvalue weighted by atomic mass is 127. The molecule has 0 heterocycles. The lowest BCUT2D eigenvalue weighted by atomic mass is 9.83. The van der Waals surface area contributed by atoms with Crippen molar-refractivity contribution in [3.05, 3.63) is 62.2 Å². The van der Waals surface area contributed by atoms with Crippen molar-refractivity contribution in [3.63, 3.8) is 0 Å². The van der Waals surface area contributed by atoms with Crippen molar-refractivity contribution in [3.8, 4) is 0 Å². The van der Waals surface area contributed by atoms with E-state index in [1.807, 2.05) is 42.5 Å². The van der Waals surface area contributed by atoms with Gasteiger partial charge in [-0.05, 0) is 57.8 Å². The van der Waals surface area contributed by atoms with Gasteiger partial charge in [0, 0.05) is 9.13 Å². The van der Waals surface area contributed by atoms with Gasteiger partial charge in [0.05, 0.1) is 10.7 Å². The lowest BCUT2D eigenvalue weighted by Crippen LogP contribution is -2.21. The minimum absolute atomic E-state index is 0.0935. The molecule has 0 saturated carbocycles. The largest absolute Gasteiger partial charge is 0.321 e. The molecule has 110 valence electrons. The van der Waals surface area contributed by atoms with E-state index in [9.17, 15) is 4.79 Å². The summed E-state index contributed by atoms with van der Waals surface area (Å²) in [6.07, 6.45) is 0. The number of nitrogens with one attached hydrogen (secondary N) is 1. The summed E-state index contributed by atoms with van der Waals surface area (Å²) in [5, 5.41) is 3.44. The van der Waals surface area contributed by atoms with Crippen LogP contribution in [0.3, 0.4) is 0 Å². The van der Waals surface area contributed by atoms with E-state index in [0.29, 0.717) is 16.3 Å². The van der Waals surface area contributed by atoms with Gasteiger partial charge in [-0.3, -0.25) is 4.79 Å². The summed E-state index contributed by atoms with van der Waals surface area (Å²) >= 11 is 8.36. The number of carbonyl (C=O) groups excluding carboxylic acids is 1. The van der Waals surface area contributed by atoms with Gasteiger partial charge in [-0.1, -0.05) is 50.6 Å². The van der Waals surface area contributed by atoms with Crippen LogP contribution in [0.15, 0.2) is 42.5 Å². The first-order valence-corrected chi connectivity index (χ1v) is 8.10. The zero-order valence-corrected chi connectivity index (χ0v) is 15.1. The van der Waals surface area contributed by atoms with E-state index in [4.69, 9.17) is 11.6 Å². The Morgan fingerprint density at radius 1 is 1.14 bits per heavy atom. The Labute approximate surface area is 144 Å². The van der Waals surface area contributed by atoms with Crippen molar-refractivity contribution < 1.29 is 4.79 Å². The van der Waals surface area contributed by atoms with E-state index in [0.717, 1.165) is 9.13 Å². The van der Waals surface area contributed by atoms with E-state index in [1.165, 1.54) is 0 Å². The van der Waals surface area contributed by atoms with Crippen LogP contribution in [0.4, 0.5) is 5.69 Å². The summed E-state index contributed by atoms with van der Waals surface area (Å²) in [7, 11) is 0. The fourth-order valence-corrected chi connectivity index (χ4v) is 3.02. The van der Waals surface area contributed by atoms with Crippen LogP contribution in [0.25, 0.3) is 0 Å². The van der Waals surface area contributed by atoms with Gasteiger partial charge in [0.1, 0.15) is 0 Å². The molecular weight excluding hydrogens is 397 g/mol. The van der Waals surface area contributed by atoms with Crippen LogP contribution in [0.2, 0.25) is 5.02 Å². The van der Waals surface area contributed by atoms with Crippen LogP contribution in [-0.2, 0) is 5.41 Å². The first-order valence-electron chi connectivity index (χ1n) is 6.65. The summed E-state index contributed by atoms with van der Waals surface area (Å²) < 4.78 is 1.03. The van der Waals surface area contributed by atoms with Gasteiger partial charge in [-0.2, -0.15) is 0 Å². The Bertz CT molecular complexity index is 677. The van der Waals surface area contributed by atoms with Gasteiger partial charge in [0.2, 0.25) is 0 Å². The molecule has 0 spiro atoms. The zero-order valence-electron chi connectivity index (χ0n) is 12.2. The lowest BCUT2D eigenvalue weighted by molar-refractivity contribution is 0.102. The zero-order chi connectivity index (χ0) is 15.6. The number of amides is 1. The number of anilines is 1. The molecule has 0 aliphatic heterocycles. The highest BCUT2D eigenvalue weighted by molar-refractivity contribution is 14.1. The maximum absolute atomic E-state index is 12.5. The minimum atomic E-state index is -0.136. The molecule has 0 aliphatic carbocycles. The van der Waals surface area contributed by atoms with E-state index >= 15 is 0 Å². The Balaban J connectivity index is 2.33. The summed E-state index contributed by atoms with van der Waals surface area (Å²) in [5.41, 5.74) is 2.23. The van der Waals surface area contributed by atoms with Gasteiger partial charge in [-0.25, -0.2) is 0 Å². The SMILES string of the molecule is CC(C)(C)c1ccccc1C(=O)Nc1ccc(I)cc1Cl. The van der Waals surface area contributed by atoms with Crippen LogP contribution in [0, 0.1) is 3.57 Å². The van der Waals surface area contributed by atoms with E-state index in [-0.39, 0.29) is 11.3 Å². The molecule has 0 bridgehead atoms. The fourth-order valence-electron chi connectivity index (χ4n) is 2.12. The quantitative estimate of drug-likeness (QED) is 0.648. The van der Waals surface area contributed by atoms with E-state index < -0.39 is 0 Å².